The zero-order valence-corrected chi connectivity index (χ0v) is 21.9. The Morgan fingerprint density at radius 1 is 0.850 bits per heavy atom. The molecule has 1 aromatic rings. The van der Waals surface area contributed by atoms with Crippen LogP contribution in [0.1, 0.15) is 37.7 Å². The van der Waals surface area contributed by atoms with Gasteiger partial charge in [0.1, 0.15) is 30.2 Å². The van der Waals surface area contributed by atoms with Crippen LogP contribution in [0, 0.1) is 0 Å². The number of carbonyl (C=O) groups is 6. The molecule has 2 aliphatic rings. The zero-order chi connectivity index (χ0) is 29.4. The highest BCUT2D eigenvalue weighted by Gasteiger charge is 2.41. The normalized spacial score (nSPS) is 20.9. The van der Waals surface area contributed by atoms with Gasteiger partial charge < -0.3 is 41.5 Å². The Morgan fingerprint density at radius 3 is 1.88 bits per heavy atom. The maximum absolute atomic E-state index is 13.8. The molecule has 2 aliphatic heterocycles. The number of nitrogens with one attached hydrogen (secondary N) is 2. The number of hydrogen-bond donors (Lipinski definition) is 6. The van der Waals surface area contributed by atoms with Crippen LogP contribution in [0.5, 0.6) is 0 Å². The molecule has 40 heavy (non-hydrogen) atoms. The van der Waals surface area contributed by atoms with Gasteiger partial charge in [0.05, 0.1) is 13.0 Å². The summed E-state index contributed by atoms with van der Waals surface area (Å²) in [6, 6.07) is 2.99. The highest BCUT2D eigenvalue weighted by atomic mass is 16.4. The molecule has 14 nitrogen and oxygen atoms in total. The monoisotopic (exact) mass is 561 g/mol. The van der Waals surface area contributed by atoms with Crippen LogP contribution in [-0.4, -0.2) is 111 Å². The van der Waals surface area contributed by atoms with E-state index in [4.69, 9.17) is 10.8 Å². The van der Waals surface area contributed by atoms with Crippen molar-refractivity contribution in [2.45, 2.75) is 68.7 Å². The van der Waals surface area contributed by atoms with E-state index in [1.807, 2.05) is 0 Å². The van der Waals surface area contributed by atoms with Gasteiger partial charge in [0, 0.05) is 19.5 Å². The van der Waals surface area contributed by atoms with Crippen molar-refractivity contribution >= 4 is 35.6 Å². The highest BCUT2D eigenvalue weighted by molar-refractivity contribution is 5.96. The van der Waals surface area contributed by atoms with Crippen LogP contribution >= 0.6 is 0 Å². The summed E-state index contributed by atoms with van der Waals surface area (Å²) in [6.07, 6.45) is 0.809. The van der Waals surface area contributed by atoms with Crippen LogP contribution in [0.15, 0.2) is 30.3 Å². The summed E-state index contributed by atoms with van der Waals surface area (Å²) in [4.78, 5) is 77.7. The lowest BCUT2D eigenvalue weighted by molar-refractivity contribution is -0.148. The minimum Gasteiger partial charge on any atom is -0.481 e. The van der Waals surface area contributed by atoms with Crippen LogP contribution in [-0.2, 0) is 35.2 Å². The Morgan fingerprint density at radius 2 is 1.38 bits per heavy atom. The van der Waals surface area contributed by atoms with Crippen LogP contribution in [0.25, 0.3) is 0 Å². The lowest BCUT2D eigenvalue weighted by Gasteiger charge is -2.31. The minimum absolute atomic E-state index is 0.0871. The van der Waals surface area contributed by atoms with E-state index in [-0.39, 0.29) is 25.9 Å². The van der Waals surface area contributed by atoms with Crippen LogP contribution in [0.2, 0.25) is 0 Å². The highest BCUT2D eigenvalue weighted by Crippen LogP contribution is 2.22. The van der Waals surface area contributed by atoms with E-state index >= 15 is 0 Å². The number of nitrogens with two attached hydrogens (primary N) is 1. The fraction of sp³-hybridized carbons (Fsp3) is 0.538. The topological polar surface area (TPSA) is 220 Å². The maximum atomic E-state index is 13.8. The number of hydrogen-bond acceptors (Lipinski definition) is 8. The second-order valence-electron chi connectivity index (χ2n) is 9.92. The Labute approximate surface area is 230 Å². The summed E-state index contributed by atoms with van der Waals surface area (Å²) in [5, 5.41) is 32.5. The van der Waals surface area contributed by atoms with Crippen molar-refractivity contribution in [2.75, 3.05) is 19.7 Å². The van der Waals surface area contributed by atoms with Crippen molar-refractivity contribution in [3.63, 3.8) is 0 Å². The second kappa shape index (κ2) is 13.8. The number of nitrogens with zero attached hydrogens (tertiary/aromatic N) is 2. The summed E-state index contributed by atoms with van der Waals surface area (Å²) >= 11 is 0. The maximum Gasteiger partial charge on any atom is 0.326 e. The van der Waals surface area contributed by atoms with Gasteiger partial charge in [0.2, 0.25) is 23.6 Å². The summed E-state index contributed by atoms with van der Waals surface area (Å²) in [5.41, 5.74) is 6.41. The lowest BCUT2D eigenvalue weighted by atomic mass is 10.0. The summed E-state index contributed by atoms with van der Waals surface area (Å²) in [6.45, 7) is -0.127. The predicted octanol–water partition coefficient (Wildman–Crippen LogP) is -1.94. The number of amides is 4. The molecule has 2 fully saturated rings. The number of benzene rings is 1. The molecular weight excluding hydrogens is 526 g/mol. The molecule has 3 rings (SSSR count). The van der Waals surface area contributed by atoms with Gasteiger partial charge in [-0.15, -0.1) is 0 Å². The molecule has 2 heterocycles. The fourth-order valence-corrected chi connectivity index (χ4v) is 5.06. The molecule has 0 spiro atoms. The number of carboxylic acids is 2. The largest absolute Gasteiger partial charge is 0.481 e. The number of carboxylic acid groups (broad SMARTS) is 2. The van der Waals surface area contributed by atoms with Crippen LogP contribution in [0.4, 0.5) is 0 Å². The van der Waals surface area contributed by atoms with Gasteiger partial charge in [0.25, 0.3) is 0 Å². The predicted molar refractivity (Wildman–Crippen MR) is 138 cm³/mol. The summed E-state index contributed by atoms with van der Waals surface area (Å²) in [7, 11) is 0. The molecule has 14 heteroatoms. The molecule has 0 bridgehead atoms. The van der Waals surface area contributed by atoms with E-state index in [0.717, 1.165) is 5.56 Å². The molecule has 0 aliphatic carbocycles. The van der Waals surface area contributed by atoms with Gasteiger partial charge in [-0.1, -0.05) is 30.3 Å². The number of aliphatic hydroxyl groups excluding tert-OH is 1. The van der Waals surface area contributed by atoms with Crippen LogP contribution in [0.3, 0.4) is 0 Å². The average molecular weight is 562 g/mol. The standard InChI is InChI=1S/C26H35N5O9/c27-16(14-32)24(37)30-10-4-8-19(30)22(35)28-17(12-15-6-2-1-3-7-15)25(38)31-11-5-9-20(31)23(36)29-18(26(39)40)13-21(33)34/h1-3,6-7,16-20,32H,4-5,8-14,27H2,(H,28,35)(H,29,36)(H,33,34)(H,39,40)/t16-,17-,18-,19-,20-/m0/s1. The zero-order valence-electron chi connectivity index (χ0n) is 21.9. The van der Waals surface area contributed by atoms with E-state index in [0.29, 0.717) is 19.3 Å². The van der Waals surface area contributed by atoms with Crippen molar-refractivity contribution < 1.29 is 44.1 Å². The molecule has 0 unspecified atom stereocenters. The molecule has 0 saturated carbocycles. The first-order valence-electron chi connectivity index (χ1n) is 13.1. The van der Waals surface area contributed by atoms with Gasteiger partial charge >= 0.3 is 11.9 Å². The molecule has 0 radical (unpaired) electrons. The van der Waals surface area contributed by atoms with Gasteiger partial charge in [-0.25, -0.2) is 4.79 Å². The number of aliphatic hydroxyl groups is 1. The molecule has 4 amide bonds. The van der Waals surface area contributed by atoms with Gasteiger partial charge in [-0.3, -0.25) is 24.0 Å². The Hall–Kier alpha value is -4.04. The quantitative estimate of drug-likeness (QED) is 0.166. The SMILES string of the molecule is N[C@@H](CO)C(=O)N1CCC[C@H]1C(=O)N[C@@H](Cc1ccccc1)C(=O)N1CCC[C@H]1C(=O)N[C@@H](CC(=O)O)C(=O)O. The molecule has 0 aromatic heterocycles. The molecule has 218 valence electrons. The van der Waals surface area contributed by atoms with E-state index in [2.05, 4.69) is 10.6 Å². The third-order valence-electron chi connectivity index (χ3n) is 7.08. The van der Waals surface area contributed by atoms with Gasteiger partial charge in [-0.2, -0.15) is 0 Å². The smallest absolute Gasteiger partial charge is 0.326 e. The number of rotatable bonds is 12. The summed E-state index contributed by atoms with van der Waals surface area (Å²) < 4.78 is 0. The van der Waals surface area contributed by atoms with E-state index < -0.39 is 78.8 Å². The number of aliphatic carboxylic acids is 2. The van der Waals surface area contributed by atoms with Crippen LogP contribution < -0.4 is 16.4 Å². The first-order chi connectivity index (χ1) is 19.0. The second-order valence-corrected chi connectivity index (χ2v) is 9.92. The number of carbonyl (C=O) groups excluding carboxylic acids is 4. The molecule has 1 aromatic carbocycles. The third kappa shape index (κ3) is 7.54. The van der Waals surface area contributed by atoms with E-state index in [9.17, 15) is 39.0 Å². The third-order valence-corrected chi connectivity index (χ3v) is 7.08. The first-order valence-corrected chi connectivity index (χ1v) is 13.1. The lowest BCUT2D eigenvalue weighted by Crippen LogP contribution is -2.58. The van der Waals surface area contributed by atoms with Crippen molar-refractivity contribution in [3.8, 4) is 0 Å². The fourth-order valence-electron chi connectivity index (χ4n) is 5.06. The molecule has 2 saturated heterocycles. The Kier molecular flexibility index (Phi) is 10.6. The minimum atomic E-state index is -1.67. The molecule has 5 atom stereocenters. The van der Waals surface area contributed by atoms with Crippen molar-refractivity contribution in [2.24, 2.45) is 5.73 Å². The van der Waals surface area contributed by atoms with Crippen molar-refractivity contribution in [3.05, 3.63) is 35.9 Å². The van der Waals surface area contributed by atoms with Crippen molar-refractivity contribution in [1.29, 1.82) is 0 Å². The Balaban J connectivity index is 1.80. The van der Waals surface area contributed by atoms with Gasteiger partial charge in [0.15, 0.2) is 0 Å². The van der Waals surface area contributed by atoms with E-state index in [1.165, 1.54) is 9.80 Å². The Bertz CT molecular complexity index is 1120. The average Bonchev–Trinajstić information content (AvgIpc) is 3.62. The van der Waals surface area contributed by atoms with E-state index in [1.54, 1.807) is 30.3 Å². The van der Waals surface area contributed by atoms with Crippen molar-refractivity contribution in [1.82, 2.24) is 20.4 Å². The van der Waals surface area contributed by atoms with Gasteiger partial charge in [-0.05, 0) is 31.2 Å². The summed E-state index contributed by atoms with van der Waals surface area (Å²) in [5.74, 6) is -5.43. The molecule has 7 N–H and O–H groups in total. The number of likely N-dealkylation sites (tertiary alicyclic amines) is 2. The first kappa shape index (κ1) is 30.5. The molecular formula is C26H35N5O9.